The van der Waals surface area contributed by atoms with Crippen LogP contribution in [0.5, 0.6) is 0 Å². The van der Waals surface area contributed by atoms with Crippen LogP contribution in [0, 0.1) is 0 Å². The first-order valence-electron chi connectivity index (χ1n) is 6.03. The fourth-order valence-corrected chi connectivity index (χ4v) is 2.21. The van der Waals surface area contributed by atoms with E-state index in [0.29, 0.717) is 11.6 Å². The van der Waals surface area contributed by atoms with Gasteiger partial charge in [0.2, 0.25) is 5.91 Å². The van der Waals surface area contributed by atoms with Crippen LogP contribution in [-0.4, -0.2) is 35.5 Å². The van der Waals surface area contributed by atoms with Gasteiger partial charge in [0.15, 0.2) is 5.82 Å². The molecule has 0 spiro atoms. The number of rotatable bonds is 3. The lowest BCUT2D eigenvalue weighted by Crippen LogP contribution is -2.49. The zero-order valence-corrected chi connectivity index (χ0v) is 10.4. The monoisotopic (exact) mass is 250 g/mol. The summed E-state index contributed by atoms with van der Waals surface area (Å²) in [5, 5.41) is 2.69. The van der Waals surface area contributed by atoms with Crippen molar-refractivity contribution in [1.82, 2.24) is 15.3 Å². The number of anilines is 2. The predicted octanol–water partition coefficient (Wildman–Crippen LogP) is -0.133. The molecule has 1 unspecified atom stereocenters. The van der Waals surface area contributed by atoms with Gasteiger partial charge < -0.3 is 15.6 Å². The number of nitrogen functional groups attached to an aromatic ring is 1. The molecule has 0 saturated carbocycles. The molecule has 0 aromatic carbocycles. The Morgan fingerprint density at radius 3 is 3.06 bits per heavy atom. The van der Waals surface area contributed by atoms with Gasteiger partial charge in [-0.3, -0.25) is 9.78 Å². The number of likely N-dealkylation sites (N-methyl/N-ethyl adjacent to an activating group) is 1. The van der Waals surface area contributed by atoms with Crippen LogP contribution < -0.4 is 21.5 Å². The molecule has 1 saturated heterocycles. The molecular formula is C11H18N6O. The van der Waals surface area contributed by atoms with E-state index in [1.807, 2.05) is 4.90 Å². The van der Waals surface area contributed by atoms with E-state index < -0.39 is 0 Å². The van der Waals surface area contributed by atoms with Gasteiger partial charge in [-0.2, -0.15) is 0 Å². The summed E-state index contributed by atoms with van der Waals surface area (Å²) < 4.78 is 0. The number of piperidine rings is 1. The van der Waals surface area contributed by atoms with Crippen molar-refractivity contribution in [3.8, 4) is 0 Å². The minimum Gasteiger partial charge on any atom is -0.357 e. The Kier molecular flexibility index (Phi) is 3.93. The van der Waals surface area contributed by atoms with Crippen LogP contribution in [0.15, 0.2) is 12.4 Å². The summed E-state index contributed by atoms with van der Waals surface area (Å²) in [6, 6.07) is -0.175. The number of amides is 1. The van der Waals surface area contributed by atoms with E-state index in [-0.39, 0.29) is 11.9 Å². The highest BCUT2D eigenvalue weighted by Crippen LogP contribution is 2.23. The third-order valence-corrected chi connectivity index (χ3v) is 3.12. The Morgan fingerprint density at radius 1 is 1.50 bits per heavy atom. The van der Waals surface area contributed by atoms with E-state index in [1.165, 1.54) is 0 Å². The molecule has 98 valence electrons. The summed E-state index contributed by atoms with van der Waals surface area (Å²) in [5.74, 6) is 6.51. The Hall–Kier alpha value is -1.89. The molecular weight excluding hydrogens is 232 g/mol. The highest BCUT2D eigenvalue weighted by atomic mass is 16.2. The molecule has 1 fully saturated rings. The van der Waals surface area contributed by atoms with Gasteiger partial charge in [-0.05, 0) is 19.3 Å². The number of nitrogens with two attached hydrogens (primary N) is 1. The molecule has 7 nitrogen and oxygen atoms in total. The van der Waals surface area contributed by atoms with E-state index in [2.05, 4.69) is 20.7 Å². The standard InChI is InChI=1S/C11H18N6O/c1-13-11(18)8-4-2-3-5-17(8)10-7-14-6-9(15-10)16-12/h6-8H,2-5,12H2,1H3,(H,13,18)(H,15,16). The molecule has 0 bridgehead atoms. The second kappa shape index (κ2) is 5.63. The number of hydrogen-bond donors (Lipinski definition) is 3. The summed E-state index contributed by atoms with van der Waals surface area (Å²) in [7, 11) is 1.65. The Balaban J connectivity index is 2.24. The van der Waals surface area contributed by atoms with Gasteiger partial charge in [-0.25, -0.2) is 10.8 Å². The molecule has 1 aliphatic heterocycles. The maximum atomic E-state index is 11.9. The van der Waals surface area contributed by atoms with E-state index in [9.17, 15) is 4.79 Å². The molecule has 0 radical (unpaired) electrons. The smallest absolute Gasteiger partial charge is 0.242 e. The molecule has 2 heterocycles. The molecule has 4 N–H and O–H groups in total. The van der Waals surface area contributed by atoms with Gasteiger partial charge in [-0.1, -0.05) is 0 Å². The topological polar surface area (TPSA) is 96.2 Å². The van der Waals surface area contributed by atoms with E-state index in [0.717, 1.165) is 25.8 Å². The summed E-state index contributed by atoms with van der Waals surface area (Å²) >= 11 is 0. The molecule has 1 aromatic heterocycles. The average Bonchev–Trinajstić information content (AvgIpc) is 2.46. The SMILES string of the molecule is CNC(=O)C1CCCCN1c1cncc(NN)n1. The van der Waals surface area contributed by atoms with Crippen LogP contribution in [0.1, 0.15) is 19.3 Å². The Morgan fingerprint density at radius 2 is 2.33 bits per heavy atom. The quantitative estimate of drug-likeness (QED) is 0.511. The molecule has 1 aliphatic rings. The molecule has 18 heavy (non-hydrogen) atoms. The van der Waals surface area contributed by atoms with Crippen molar-refractivity contribution in [3.05, 3.63) is 12.4 Å². The first kappa shape index (κ1) is 12.6. The lowest BCUT2D eigenvalue weighted by molar-refractivity contribution is -0.122. The molecule has 2 rings (SSSR count). The number of nitrogens with one attached hydrogen (secondary N) is 2. The van der Waals surface area contributed by atoms with E-state index >= 15 is 0 Å². The van der Waals surface area contributed by atoms with Crippen molar-refractivity contribution < 1.29 is 4.79 Å². The van der Waals surface area contributed by atoms with Crippen LogP contribution in [0.3, 0.4) is 0 Å². The van der Waals surface area contributed by atoms with Gasteiger partial charge in [0.05, 0.1) is 12.4 Å². The van der Waals surface area contributed by atoms with Gasteiger partial charge in [0.1, 0.15) is 11.9 Å². The number of carbonyl (C=O) groups is 1. The molecule has 7 heteroatoms. The minimum atomic E-state index is -0.175. The van der Waals surface area contributed by atoms with Crippen molar-refractivity contribution in [3.63, 3.8) is 0 Å². The summed E-state index contributed by atoms with van der Waals surface area (Å²) in [5.41, 5.74) is 2.46. The van der Waals surface area contributed by atoms with Crippen LogP contribution in [0.2, 0.25) is 0 Å². The first-order chi connectivity index (χ1) is 8.76. The van der Waals surface area contributed by atoms with Crippen LogP contribution in [0.25, 0.3) is 0 Å². The van der Waals surface area contributed by atoms with Crippen molar-refractivity contribution >= 4 is 17.5 Å². The lowest BCUT2D eigenvalue weighted by atomic mass is 10.0. The van der Waals surface area contributed by atoms with Crippen molar-refractivity contribution in [2.75, 3.05) is 23.9 Å². The predicted molar refractivity (Wildman–Crippen MR) is 68.9 cm³/mol. The maximum absolute atomic E-state index is 11.9. The maximum Gasteiger partial charge on any atom is 0.242 e. The number of aromatic nitrogens is 2. The normalized spacial score (nSPS) is 19.4. The Labute approximate surface area is 106 Å². The van der Waals surface area contributed by atoms with Gasteiger partial charge in [-0.15, -0.1) is 0 Å². The van der Waals surface area contributed by atoms with E-state index in [1.54, 1.807) is 19.4 Å². The average molecular weight is 250 g/mol. The molecule has 0 aliphatic carbocycles. The van der Waals surface area contributed by atoms with Crippen LogP contribution in [0.4, 0.5) is 11.6 Å². The van der Waals surface area contributed by atoms with Crippen molar-refractivity contribution in [2.24, 2.45) is 5.84 Å². The second-order valence-corrected chi connectivity index (χ2v) is 4.23. The number of nitrogens with zero attached hydrogens (tertiary/aromatic N) is 3. The lowest BCUT2D eigenvalue weighted by Gasteiger charge is -2.35. The number of hydrazine groups is 1. The van der Waals surface area contributed by atoms with Crippen molar-refractivity contribution in [1.29, 1.82) is 0 Å². The third-order valence-electron chi connectivity index (χ3n) is 3.12. The summed E-state index contributed by atoms with van der Waals surface area (Å²) in [6.07, 6.45) is 6.14. The Bertz CT molecular complexity index is 424. The summed E-state index contributed by atoms with van der Waals surface area (Å²) in [4.78, 5) is 22.2. The fraction of sp³-hybridized carbons (Fsp3) is 0.545. The number of hydrogen-bond acceptors (Lipinski definition) is 6. The largest absolute Gasteiger partial charge is 0.357 e. The zero-order chi connectivity index (χ0) is 13.0. The van der Waals surface area contributed by atoms with E-state index in [4.69, 9.17) is 5.84 Å². The zero-order valence-electron chi connectivity index (χ0n) is 10.4. The van der Waals surface area contributed by atoms with Crippen LogP contribution in [-0.2, 0) is 4.79 Å². The second-order valence-electron chi connectivity index (χ2n) is 4.23. The molecule has 1 amide bonds. The molecule has 1 aromatic rings. The fourth-order valence-electron chi connectivity index (χ4n) is 2.21. The summed E-state index contributed by atoms with van der Waals surface area (Å²) in [6.45, 7) is 0.806. The van der Waals surface area contributed by atoms with Gasteiger partial charge >= 0.3 is 0 Å². The first-order valence-corrected chi connectivity index (χ1v) is 6.03. The van der Waals surface area contributed by atoms with Gasteiger partial charge in [0.25, 0.3) is 0 Å². The highest BCUT2D eigenvalue weighted by Gasteiger charge is 2.29. The number of carbonyl (C=O) groups excluding carboxylic acids is 1. The van der Waals surface area contributed by atoms with Gasteiger partial charge in [0, 0.05) is 13.6 Å². The molecule has 1 atom stereocenters. The third kappa shape index (κ3) is 2.51. The van der Waals surface area contributed by atoms with Crippen LogP contribution >= 0.6 is 0 Å². The minimum absolute atomic E-state index is 0.0163. The highest BCUT2D eigenvalue weighted by molar-refractivity contribution is 5.84. The van der Waals surface area contributed by atoms with Crippen molar-refractivity contribution in [2.45, 2.75) is 25.3 Å².